The molecule has 7 nitrogen and oxygen atoms in total. The fourth-order valence-electron chi connectivity index (χ4n) is 1.90. The van der Waals surface area contributed by atoms with Gasteiger partial charge in [0.05, 0.1) is 9.82 Å². The van der Waals surface area contributed by atoms with Crippen LogP contribution in [-0.4, -0.2) is 37.8 Å². The number of non-ortho nitro benzene ring substituents is 1. The number of hydrogen-bond acceptors (Lipinski definition) is 5. The van der Waals surface area contributed by atoms with E-state index in [0.29, 0.717) is 0 Å². The van der Waals surface area contributed by atoms with Crippen molar-refractivity contribution in [1.29, 1.82) is 0 Å². The van der Waals surface area contributed by atoms with Gasteiger partial charge in [0.25, 0.3) is 5.69 Å². The Morgan fingerprint density at radius 2 is 1.92 bits per heavy atom. The summed E-state index contributed by atoms with van der Waals surface area (Å²) in [5.74, 6) is -0.514. The van der Waals surface area contributed by atoms with Gasteiger partial charge in [-0.1, -0.05) is 18.2 Å². The number of nitrogens with zero attached hydrogens (tertiary/aromatic N) is 2. The van der Waals surface area contributed by atoms with Gasteiger partial charge in [-0.2, -0.15) is 4.31 Å². The van der Waals surface area contributed by atoms with Crippen LogP contribution >= 0.6 is 0 Å². The van der Waals surface area contributed by atoms with Crippen molar-refractivity contribution in [3.05, 3.63) is 64.5 Å². The highest BCUT2D eigenvalue weighted by molar-refractivity contribution is 7.89. The number of likely N-dealkylation sites (N-methyl/N-ethyl adjacent to an activating group) is 1. The van der Waals surface area contributed by atoms with Crippen LogP contribution in [0.25, 0.3) is 0 Å². The van der Waals surface area contributed by atoms with E-state index in [0.717, 1.165) is 10.4 Å². The van der Waals surface area contributed by atoms with Gasteiger partial charge < -0.3 is 4.74 Å². The lowest BCUT2D eigenvalue weighted by Crippen LogP contribution is -2.31. The first kappa shape index (κ1) is 17.8. The van der Waals surface area contributed by atoms with E-state index in [-0.39, 0.29) is 29.5 Å². The summed E-state index contributed by atoms with van der Waals surface area (Å²) in [6, 6.07) is 10.6. The molecule has 0 amide bonds. The van der Waals surface area contributed by atoms with E-state index in [1.165, 1.54) is 43.4 Å². The molecule has 0 fully saturated rings. The first-order valence-electron chi connectivity index (χ1n) is 6.90. The van der Waals surface area contributed by atoms with Gasteiger partial charge in [0.2, 0.25) is 10.0 Å². The normalized spacial score (nSPS) is 11.5. The molecule has 0 aromatic heterocycles. The van der Waals surface area contributed by atoms with E-state index in [4.69, 9.17) is 4.74 Å². The van der Waals surface area contributed by atoms with Crippen LogP contribution in [0, 0.1) is 15.9 Å². The van der Waals surface area contributed by atoms with Gasteiger partial charge in [-0.15, -0.1) is 0 Å². The number of sulfonamides is 1. The lowest BCUT2D eigenvalue weighted by molar-refractivity contribution is -0.385. The molecular formula is C15H15FN2O5S. The molecule has 0 atom stereocenters. The maximum absolute atomic E-state index is 13.4. The number of ether oxygens (including phenoxy) is 1. The number of hydrogen-bond donors (Lipinski definition) is 0. The lowest BCUT2D eigenvalue weighted by Gasteiger charge is -2.17. The average Bonchev–Trinajstić information content (AvgIpc) is 2.56. The van der Waals surface area contributed by atoms with Crippen LogP contribution in [0.2, 0.25) is 0 Å². The van der Waals surface area contributed by atoms with Gasteiger partial charge in [0.1, 0.15) is 6.61 Å². The second-order valence-electron chi connectivity index (χ2n) is 4.86. The van der Waals surface area contributed by atoms with Crippen molar-refractivity contribution in [2.75, 3.05) is 20.2 Å². The first-order chi connectivity index (χ1) is 11.3. The summed E-state index contributed by atoms with van der Waals surface area (Å²) < 4.78 is 44.4. The monoisotopic (exact) mass is 354 g/mol. The van der Waals surface area contributed by atoms with Crippen molar-refractivity contribution >= 4 is 15.7 Å². The highest BCUT2D eigenvalue weighted by Gasteiger charge is 2.22. The summed E-state index contributed by atoms with van der Waals surface area (Å²) in [5.41, 5.74) is -0.313. The summed E-state index contributed by atoms with van der Waals surface area (Å²) in [7, 11) is -2.59. The Balaban J connectivity index is 2.05. The van der Waals surface area contributed by atoms with Gasteiger partial charge in [-0.25, -0.2) is 12.8 Å². The van der Waals surface area contributed by atoms with Crippen LogP contribution in [0.15, 0.2) is 53.4 Å². The number of nitro benzene ring substituents is 1. The molecule has 9 heteroatoms. The molecule has 0 heterocycles. The molecule has 0 spiro atoms. The van der Waals surface area contributed by atoms with Crippen LogP contribution in [0.5, 0.6) is 5.75 Å². The highest BCUT2D eigenvalue weighted by Crippen LogP contribution is 2.20. The Bertz CT molecular complexity index is 841. The molecule has 0 unspecified atom stereocenters. The van der Waals surface area contributed by atoms with Crippen LogP contribution in [0.1, 0.15) is 0 Å². The van der Waals surface area contributed by atoms with Crippen molar-refractivity contribution in [3.63, 3.8) is 0 Å². The average molecular weight is 354 g/mol. The largest absolute Gasteiger partial charge is 0.489 e. The fourth-order valence-corrected chi connectivity index (χ4v) is 3.10. The minimum Gasteiger partial charge on any atom is -0.489 e. The molecule has 2 aromatic carbocycles. The molecule has 0 saturated carbocycles. The molecule has 2 rings (SSSR count). The summed E-state index contributed by atoms with van der Waals surface area (Å²) in [5, 5.41) is 10.8. The summed E-state index contributed by atoms with van der Waals surface area (Å²) in [4.78, 5) is 9.90. The fraction of sp³-hybridized carbons (Fsp3) is 0.200. The maximum Gasteiger partial charge on any atom is 0.270 e. The lowest BCUT2D eigenvalue weighted by atomic mass is 10.3. The molecule has 2 aromatic rings. The molecule has 24 heavy (non-hydrogen) atoms. The van der Waals surface area contributed by atoms with Crippen molar-refractivity contribution in [1.82, 2.24) is 4.31 Å². The van der Waals surface area contributed by atoms with Crippen LogP contribution < -0.4 is 4.74 Å². The molecule has 0 aliphatic heterocycles. The smallest absolute Gasteiger partial charge is 0.270 e. The summed E-state index contributed by atoms with van der Waals surface area (Å²) >= 11 is 0. The highest BCUT2D eigenvalue weighted by atomic mass is 32.2. The third kappa shape index (κ3) is 4.06. The zero-order valence-electron chi connectivity index (χ0n) is 12.8. The molecule has 0 saturated heterocycles. The van der Waals surface area contributed by atoms with Gasteiger partial charge in [0.15, 0.2) is 11.6 Å². The van der Waals surface area contributed by atoms with Crippen molar-refractivity contribution in [2.45, 2.75) is 4.90 Å². The van der Waals surface area contributed by atoms with E-state index in [1.807, 2.05) is 0 Å². The first-order valence-corrected chi connectivity index (χ1v) is 8.34. The predicted molar refractivity (Wildman–Crippen MR) is 84.8 cm³/mol. The van der Waals surface area contributed by atoms with E-state index < -0.39 is 20.8 Å². The zero-order chi connectivity index (χ0) is 17.7. The topological polar surface area (TPSA) is 89.8 Å². The van der Waals surface area contributed by atoms with E-state index >= 15 is 0 Å². The Hall–Kier alpha value is -2.52. The van der Waals surface area contributed by atoms with Gasteiger partial charge >= 0.3 is 0 Å². The third-order valence-corrected chi connectivity index (χ3v) is 5.09. The Kier molecular flexibility index (Phi) is 5.47. The standard InChI is InChI=1S/C15H15FN2O5S/c1-17(9-10-23-15-8-3-2-7-14(15)16)24(21,22)13-6-4-5-12(11-13)18(19)20/h2-8,11H,9-10H2,1H3. The second-order valence-corrected chi connectivity index (χ2v) is 6.90. The molecule has 128 valence electrons. The Labute approximate surface area is 138 Å². The van der Waals surface area contributed by atoms with Gasteiger partial charge in [0, 0.05) is 25.7 Å². The summed E-state index contributed by atoms with van der Waals surface area (Å²) in [6.45, 7) is -0.106. The molecule has 0 aliphatic rings. The molecule has 0 N–H and O–H groups in total. The van der Waals surface area contributed by atoms with Crippen LogP contribution in [0.3, 0.4) is 0 Å². The second kappa shape index (κ2) is 7.37. The summed E-state index contributed by atoms with van der Waals surface area (Å²) in [6.07, 6.45) is 0. The van der Waals surface area contributed by atoms with Crippen molar-refractivity contribution < 1.29 is 22.5 Å². The number of benzene rings is 2. The molecule has 0 radical (unpaired) electrons. The van der Waals surface area contributed by atoms with Crippen LogP contribution in [-0.2, 0) is 10.0 Å². The maximum atomic E-state index is 13.4. The number of para-hydroxylation sites is 1. The number of nitro groups is 1. The van der Waals surface area contributed by atoms with Crippen LogP contribution in [0.4, 0.5) is 10.1 Å². The minimum atomic E-state index is -3.90. The molecular weight excluding hydrogens is 339 g/mol. The number of rotatable bonds is 7. The van der Waals surface area contributed by atoms with Crippen molar-refractivity contribution in [2.24, 2.45) is 0 Å². The SMILES string of the molecule is CN(CCOc1ccccc1F)S(=O)(=O)c1cccc([N+](=O)[O-])c1. The molecule has 0 aliphatic carbocycles. The number of halogens is 1. The minimum absolute atomic E-state index is 0.0265. The van der Waals surface area contributed by atoms with E-state index in [9.17, 15) is 22.9 Å². The Morgan fingerprint density at radius 1 is 1.21 bits per heavy atom. The van der Waals surface area contributed by atoms with Crippen molar-refractivity contribution in [3.8, 4) is 5.75 Å². The van der Waals surface area contributed by atoms with E-state index in [1.54, 1.807) is 6.07 Å². The Morgan fingerprint density at radius 3 is 2.58 bits per heavy atom. The quantitative estimate of drug-likeness (QED) is 0.563. The van der Waals surface area contributed by atoms with Gasteiger partial charge in [-0.05, 0) is 18.2 Å². The predicted octanol–water partition coefficient (Wildman–Crippen LogP) is 2.43. The van der Waals surface area contributed by atoms with Gasteiger partial charge in [-0.3, -0.25) is 10.1 Å². The molecule has 0 bridgehead atoms. The van der Waals surface area contributed by atoms with E-state index in [2.05, 4.69) is 0 Å². The zero-order valence-corrected chi connectivity index (χ0v) is 13.6. The third-order valence-electron chi connectivity index (χ3n) is 3.24.